The minimum atomic E-state index is -0.209. The average molecular weight is 403 g/mol. The summed E-state index contributed by atoms with van der Waals surface area (Å²) in [6.07, 6.45) is 0. The van der Waals surface area contributed by atoms with E-state index in [-0.39, 0.29) is 12.5 Å². The van der Waals surface area contributed by atoms with Gasteiger partial charge in [-0.25, -0.2) is 0 Å². The second-order valence-electron chi connectivity index (χ2n) is 5.56. The van der Waals surface area contributed by atoms with E-state index >= 15 is 0 Å². The third kappa shape index (κ3) is 4.61. The van der Waals surface area contributed by atoms with Crippen molar-refractivity contribution in [2.45, 2.75) is 18.6 Å². The van der Waals surface area contributed by atoms with E-state index in [1.54, 1.807) is 43.1 Å². The van der Waals surface area contributed by atoms with E-state index in [4.69, 9.17) is 16.3 Å². The highest BCUT2D eigenvalue weighted by Crippen LogP contribution is 2.24. The van der Waals surface area contributed by atoms with Gasteiger partial charge in [0, 0.05) is 10.6 Å². The number of amides is 1. The summed E-state index contributed by atoms with van der Waals surface area (Å²) in [4.78, 5) is 12.5. The SMILES string of the molecule is CCSc1nnc(CNC(=O)c2cccc(OC)c2)n1-c1cccc(Cl)c1. The molecule has 0 radical (unpaired) electrons. The minimum absolute atomic E-state index is 0.209. The molecule has 0 bridgehead atoms. The van der Waals surface area contributed by atoms with Crippen LogP contribution in [0.5, 0.6) is 5.75 Å². The second kappa shape index (κ2) is 8.92. The van der Waals surface area contributed by atoms with Gasteiger partial charge >= 0.3 is 0 Å². The Labute approximate surface area is 166 Å². The maximum Gasteiger partial charge on any atom is 0.251 e. The summed E-state index contributed by atoms with van der Waals surface area (Å²) in [6, 6.07) is 14.5. The van der Waals surface area contributed by atoms with Gasteiger partial charge in [0.05, 0.1) is 19.3 Å². The molecule has 0 spiro atoms. The van der Waals surface area contributed by atoms with Crippen LogP contribution in [0.1, 0.15) is 23.1 Å². The van der Waals surface area contributed by atoms with Crippen molar-refractivity contribution in [2.75, 3.05) is 12.9 Å². The summed E-state index contributed by atoms with van der Waals surface area (Å²) in [7, 11) is 1.57. The van der Waals surface area contributed by atoms with Gasteiger partial charge in [-0.05, 0) is 42.2 Å². The van der Waals surface area contributed by atoms with Crippen molar-refractivity contribution in [1.82, 2.24) is 20.1 Å². The van der Waals surface area contributed by atoms with Crippen LogP contribution in [-0.2, 0) is 6.54 Å². The average Bonchev–Trinajstić information content (AvgIpc) is 3.09. The van der Waals surface area contributed by atoms with Crippen molar-refractivity contribution in [2.24, 2.45) is 0 Å². The fraction of sp³-hybridized carbons (Fsp3) is 0.211. The molecule has 6 nitrogen and oxygen atoms in total. The molecule has 3 rings (SSSR count). The summed E-state index contributed by atoms with van der Waals surface area (Å²) >= 11 is 7.71. The predicted octanol–water partition coefficient (Wildman–Crippen LogP) is 3.97. The molecule has 140 valence electrons. The number of nitrogens with zero attached hydrogens (tertiary/aromatic N) is 3. The molecule has 0 aliphatic rings. The number of ether oxygens (including phenoxy) is 1. The lowest BCUT2D eigenvalue weighted by Gasteiger charge is -2.11. The van der Waals surface area contributed by atoms with Gasteiger partial charge in [-0.2, -0.15) is 0 Å². The highest BCUT2D eigenvalue weighted by molar-refractivity contribution is 7.99. The number of carbonyl (C=O) groups is 1. The van der Waals surface area contributed by atoms with Crippen molar-refractivity contribution in [3.05, 3.63) is 64.9 Å². The lowest BCUT2D eigenvalue weighted by molar-refractivity contribution is 0.0949. The third-order valence-corrected chi connectivity index (χ3v) is 4.83. The maximum absolute atomic E-state index is 12.5. The molecule has 0 aliphatic heterocycles. The first-order valence-electron chi connectivity index (χ1n) is 8.37. The molecule has 2 aromatic carbocycles. The zero-order valence-electron chi connectivity index (χ0n) is 15.0. The molecule has 3 aromatic rings. The van der Waals surface area contributed by atoms with E-state index < -0.39 is 0 Å². The van der Waals surface area contributed by atoms with Gasteiger partial charge in [-0.3, -0.25) is 9.36 Å². The first-order valence-corrected chi connectivity index (χ1v) is 9.74. The van der Waals surface area contributed by atoms with Crippen molar-refractivity contribution in [1.29, 1.82) is 0 Å². The van der Waals surface area contributed by atoms with Gasteiger partial charge in [-0.15, -0.1) is 10.2 Å². The van der Waals surface area contributed by atoms with Gasteiger partial charge in [0.15, 0.2) is 11.0 Å². The largest absolute Gasteiger partial charge is 0.497 e. The van der Waals surface area contributed by atoms with Crippen LogP contribution in [0, 0.1) is 0 Å². The Morgan fingerprint density at radius 3 is 2.78 bits per heavy atom. The highest BCUT2D eigenvalue weighted by atomic mass is 35.5. The normalized spacial score (nSPS) is 10.6. The van der Waals surface area contributed by atoms with Gasteiger partial charge in [-0.1, -0.05) is 42.4 Å². The number of aromatic nitrogens is 3. The standard InChI is InChI=1S/C19H19ClN4O2S/c1-3-27-19-23-22-17(24(19)15-8-5-7-14(20)11-15)12-21-18(25)13-6-4-9-16(10-13)26-2/h4-11H,3,12H2,1-2H3,(H,21,25). The van der Waals surface area contributed by atoms with E-state index in [0.29, 0.717) is 22.2 Å². The zero-order valence-corrected chi connectivity index (χ0v) is 16.5. The van der Waals surface area contributed by atoms with Crippen molar-refractivity contribution in [3.8, 4) is 11.4 Å². The third-order valence-electron chi connectivity index (χ3n) is 3.78. The monoisotopic (exact) mass is 402 g/mol. The number of hydrogen-bond donors (Lipinski definition) is 1. The van der Waals surface area contributed by atoms with Gasteiger partial charge in [0.25, 0.3) is 5.91 Å². The fourth-order valence-electron chi connectivity index (χ4n) is 2.54. The van der Waals surface area contributed by atoms with Crippen LogP contribution in [0.25, 0.3) is 5.69 Å². The van der Waals surface area contributed by atoms with Crippen LogP contribution in [0.15, 0.2) is 53.7 Å². The molecule has 1 amide bonds. The Balaban J connectivity index is 1.83. The Morgan fingerprint density at radius 1 is 1.22 bits per heavy atom. The second-order valence-corrected chi connectivity index (χ2v) is 7.23. The number of thioether (sulfide) groups is 1. The number of nitrogens with one attached hydrogen (secondary N) is 1. The molecule has 0 fully saturated rings. The summed E-state index contributed by atoms with van der Waals surface area (Å²) in [5.74, 6) is 1.91. The van der Waals surface area contributed by atoms with Crippen LogP contribution < -0.4 is 10.1 Å². The lowest BCUT2D eigenvalue weighted by atomic mass is 10.2. The molecule has 8 heteroatoms. The van der Waals surface area contributed by atoms with Gasteiger partial charge in [0.2, 0.25) is 0 Å². The van der Waals surface area contributed by atoms with Crippen LogP contribution in [-0.4, -0.2) is 33.5 Å². The Bertz CT molecular complexity index is 945. The Kier molecular flexibility index (Phi) is 6.36. The summed E-state index contributed by atoms with van der Waals surface area (Å²) in [5.41, 5.74) is 1.38. The molecule has 1 aromatic heterocycles. The molecular formula is C19H19ClN4O2S. The molecule has 0 unspecified atom stereocenters. The number of hydrogen-bond acceptors (Lipinski definition) is 5. The minimum Gasteiger partial charge on any atom is -0.497 e. The summed E-state index contributed by atoms with van der Waals surface area (Å²) in [5, 5.41) is 12.8. The lowest BCUT2D eigenvalue weighted by Crippen LogP contribution is -2.24. The maximum atomic E-state index is 12.5. The number of rotatable bonds is 7. The molecule has 27 heavy (non-hydrogen) atoms. The molecule has 0 saturated carbocycles. The van der Waals surface area contributed by atoms with E-state index in [1.165, 1.54) is 0 Å². The number of halogens is 1. The number of methoxy groups -OCH3 is 1. The molecule has 1 heterocycles. The van der Waals surface area contributed by atoms with E-state index in [9.17, 15) is 4.79 Å². The number of carbonyl (C=O) groups excluding carboxylic acids is 1. The topological polar surface area (TPSA) is 69.0 Å². The summed E-state index contributed by atoms with van der Waals surface area (Å²) in [6.45, 7) is 2.28. The van der Waals surface area contributed by atoms with Crippen LogP contribution >= 0.6 is 23.4 Å². The first-order chi connectivity index (χ1) is 13.1. The predicted molar refractivity (Wildman–Crippen MR) is 107 cm³/mol. The van der Waals surface area contributed by atoms with E-state index in [2.05, 4.69) is 15.5 Å². The Hall–Kier alpha value is -2.51. The Morgan fingerprint density at radius 2 is 2.04 bits per heavy atom. The molecular weight excluding hydrogens is 384 g/mol. The molecule has 0 saturated heterocycles. The van der Waals surface area contributed by atoms with E-state index in [0.717, 1.165) is 16.6 Å². The van der Waals surface area contributed by atoms with Gasteiger partial charge < -0.3 is 10.1 Å². The van der Waals surface area contributed by atoms with E-state index in [1.807, 2.05) is 35.8 Å². The number of benzene rings is 2. The van der Waals surface area contributed by atoms with Crippen LogP contribution in [0.2, 0.25) is 5.02 Å². The van der Waals surface area contributed by atoms with Crippen LogP contribution in [0.3, 0.4) is 0 Å². The quantitative estimate of drug-likeness (QED) is 0.605. The van der Waals surface area contributed by atoms with Gasteiger partial charge in [0.1, 0.15) is 5.75 Å². The summed E-state index contributed by atoms with van der Waals surface area (Å²) < 4.78 is 7.07. The molecule has 1 N–H and O–H groups in total. The van der Waals surface area contributed by atoms with Crippen molar-refractivity contribution < 1.29 is 9.53 Å². The van der Waals surface area contributed by atoms with Crippen molar-refractivity contribution >= 4 is 29.3 Å². The zero-order chi connectivity index (χ0) is 19.2. The molecule has 0 aliphatic carbocycles. The van der Waals surface area contributed by atoms with Crippen LogP contribution in [0.4, 0.5) is 0 Å². The smallest absolute Gasteiger partial charge is 0.251 e. The first kappa shape index (κ1) is 19.3. The molecule has 0 atom stereocenters. The van der Waals surface area contributed by atoms with Crippen molar-refractivity contribution in [3.63, 3.8) is 0 Å². The fourth-order valence-corrected chi connectivity index (χ4v) is 3.42. The highest BCUT2D eigenvalue weighted by Gasteiger charge is 2.16.